The van der Waals surface area contributed by atoms with Gasteiger partial charge in [-0.25, -0.2) is 17.9 Å². The molecule has 1 fully saturated rings. The van der Waals surface area contributed by atoms with Gasteiger partial charge in [0.1, 0.15) is 5.56 Å². The number of hydrogen-bond donors (Lipinski definition) is 0. The van der Waals surface area contributed by atoms with Gasteiger partial charge in [-0.3, -0.25) is 14.2 Å². The van der Waals surface area contributed by atoms with Crippen molar-refractivity contribution in [1.82, 2.24) is 29.3 Å². The van der Waals surface area contributed by atoms with Crippen molar-refractivity contribution < 1.29 is 22.7 Å². The molecule has 39 heavy (non-hydrogen) atoms. The summed E-state index contributed by atoms with van der Waals surface area (Å²) in [6.07, 6.45) is 9.08. The van der Waals surface area contributed by atoms with Crippen LogP contribution in [0, 0.1) is 6.92 Å². The number of aryl methyl sites for hydroxylation is 3. The maximum atomic E-state index is 14.1. The molecule has 0 atom stereocenters. The van der Waals surface area contributed by atoms with Gasteiger partial charge in [0.2, 0.25) is 11.7 Å². The Morgan fingerprint density at radius 3 is 2.46 bits per heavy atom. The van der Waals surface area contributed by atoms with E-state index in [9.17, 15) is 18.0 Å². The van der Waals surface area contributed by atoms with Crippen LogP contribution in [0.1, 0.15) is 68.8 Å². The molecule has 1 aliphatic rings. The van der Waals surface area contributed by atoms with Crippen LogP contribution in [0.5, 0.6) is 5.88 Å². The number of esters is 1. The molecule has 4 aromatic rings. The molecule has 1 aromatic carbocycles. The molecule has 0 unspecified atom stereocenters. The van der Waals surface area contributed by atoms with Crippen molar-refractivity contribution in [3.05, 3.63) is 75.5 Å². The summed E-state index contributed by atoms with van der Waals surface area (Å²) in [6.45, 7) is 4.09. The molecule has 0 amide bonds. The monoisotopic (exact) mass is 570 g/mol. The van der Waals surface area contributed by atoms with Crippen molar-refractivity contribution in [2.75, 3.05) is 6.26 Å². The Morgan fingerprint density at radius 2 is 1.90 bits per heavy atom. The summed E-state index contributed by atoms with van der Waals surface area (Å²) in [5.74, 6) is -1.12. The molecule has 0 bridgehead atoms. The van der Waals surface area contributed by atoms with E-state index in [0.29, 0.717) is 12.2 Å². The van der Waals surface area contributed by atoms with Crippen LogP contribution in [-0.4, -0.2) is 55.8 Å². The Balaban J connectivity index is 1.63. The molecule has 0 saturated heterocycles. The van der Waals surface area contributed by atoms with E-state index in [1.54, 1.807) is 24.1 Å². The first-order valence-electron chi connectivity index (χ1n) is 12.3. The first kappa shape index (κ1) is 26.8. The Kier molecular flexibility index (Phi) is 6.93. The number of ketones is 1. The van der Waals surface area contributed by atoms with Gasteiger partial charge in [-0.15, -0.1) is 0 Å². The third kappa shape index (κ3) is 5.26. The van der Waals surface area contributed by atoms with Gasteiger partial charge in [-0.1, -0.05) is 11.6 Å². The highest BCUT2D eigenvalue weighted by Gasteiger charge is 2.37. The molecular formula is C26H27ClN6O5S. The number of carbonyl (C=O) groups excluding carboxylic acids is 2. The second-order valence-corrected chi connectivity index (χ2v) is 12.0. The van der Waals surface area contributed by atoms with Crippen LogP contribution < -0.4 is 4.74 Å². The standard InChI is InChI=1S/C26H27ClN6O5S/c1-5-33-25(38-26(35)17-11-28-31(3)13-17)21(23(30-33)16-6-7-16)24(34)18-8-9-20(39(4,36)37)19(22(18)27)14-32-12-15(2)10-29-32/h8-13,16H,5-7,14H2,1-4H3. The number of sulfone groups is 1. The maximum absolute atomic E-state index is 14.1. The van der Waals surface area contributed by atoms with Crippen LogP contribution in [0.25, 0.3) is 0 Å². The predicted molar refractivity (Wildman–Crippen MR) is 142 cm³/mol. The van der Waals surface area contributed by atoms with Crippen LogP contribution >= 0.6 is 11.6 Å². The zero-order valence-corrected chi connectivity index (χ0v) is 23.5. The first-order chi connectivity index (χ1) is 18.5. The van der Waals surface area contributed by atoms with Crippen molar-refractivity contribution in [2.45, 2.75) is 50.6 Å². The Morgan fingerprint density at radius 1 is 1.15 bits per heavy atom. The van der Waals surface area contributed by atoms with Crippen molar-refractivity contribution in [1.29, 1.82) is 0 Å². The van der Waals surface area contributed by atoms with E-state index in [0.717, 1.165) is 24.7 Å². The minimum atomic E-state index is -3.67. The number of benzene rings is 1. The van der Waals surface area contributed by atoms with E-state index in [1.165, 1.54) is 33.9 Å². The molecule has 3 heterocycles. The van der Waals surface area contributed by atoms with Crippen molar-refractivity contribution in [2.24, 2.45) is 7.05 Å². The van der Waals surface area contributed by atoms with Gasteiger partial charge in [0, 0.05) is 49.3 Å². The minimum absolute atomic E-state index is 0.00658. The van der Waals surface area contributed by atoms with Gasteiger partial charge in [0.05, 0.1) is 40.1 Å². The second-order valence-electron chi connectivity index (χ2n) is 9.67. The third-order valence-corrected chi connectivity index (χ3v) is 8.09. The number of halogens is 1. The van der Waals surface area contributed by atoms with Crippen LogP contribution in [-0.2, 0) is 30.0 Å². The minimum Gasteiger partial charge on any atom is -0.403 e. The Labute approximate surface area is 230 Å². The number of ether oxygens (including phenoxy) is 1. The topological polar surface area (TPSA) is 131 Å². The zero-order valence-electron chi connectivity index (χ0n) is 21.9. The van der Waals surface area contributed by atoms with Gasteiger partial charge in [0.15, 0.2) is 9.84 Å². The number of hydrogen-bond acceptors (Lipinski definition) is 8. The predicted octanol–water partition coefficient (Wildman–Crippen LogP) is 3.57. The van der Waals surface area contributed by atoms with Crippen LogP contribution in [0.2, 0.25) is 5.02 Å². The zero-order chi connectivity index (χ0) is 28.1. The average Bonchev–Trinajstić information content (AvgIpc) is 3.32. The van der Waals surface area contributed by atoms with Crippen LogP contribution in [0.15, 0.2) is 41.8 Å². The third-order valence-electron chi connectivity index (χ3n) is 6.48. The number of carbonyl (C=O) groups is 2. The molecule has 0 aliphatic heterocycles. The van der Waals surface area contributed by atoms with Gasteiger partial charge < -0.3 is 4.74 Å². The largest absolute Gasteiger partial charge is 0.403 e. The fourth-order valence-corrected chi connectivity index (χ4v) is 5.73. The summed E-state index contributed by atoms with van der Waals surface area (Å²) in [7, 11) is -1.99. The highest BCUT2D eigenvalue weighted by Crippen LogP contribution is 2.44. The molecule has 0 spiro atoms. The summed E-state index contributed by atoms with van der Waals surface area (Å²) in [5.41, 5.74) is 2.12. The van der Waals surface area contributed by atoms with Crippen molar-refractivity contribution >= 4 is 33.2 Å². The van der Waals surface area contributed by atoms with E-state index in [2.05, 4.69) is 15.3 Å². The van der Waals surface area contributed by atoms with E-state index in [1.807, 2.05) is 13.8 Å². The molecule has 204 valence electrons. The van der Waals surface area contributed by atoms with E-state index in [-0.39, 0.29) is 50.5 Å². The fraction of sp³-hybridized carbons (Fsp3) is 0.346. The summed E-state index contributed by atoms with van der Waals surface area (Å²) in [4.78, 5) is 27.1. The van der Waals surface area contributed by atoms with Crippen LogP contribution in [0.4, 0.5) is 0 Å². The SMILES string of the molecule is CCn1nc(C2CC2)c(C(=O)c2ccc(S(C)(=O)=O)c(Cn3cc(C)cn3)c2Cl)c1OC(=O)c1cnn(C)c1. The van der Waals surface area contributed by atoms with Crippen molar-refractivity contribution in [3.63, 3.8) is 0 Å². The van der Waals surface area contributed by atoms with E-state index in [4.69, 9.17) is 16.3 Å². The molecule has 1 aliphatic carbocycles. The molecular weight excluding hydrogens is 544 g/mol. The summed E-state index contributed by atoms with van der Waals surface area (Å²) < 4.78 is 35.5. The Hall–Kier alpha value is -3.77. The van der Waals surface area contributed by atoms with E-state index >= 15 is 0 Å². The lowest BCUT2D eigenvalue weighted by molar-refractivity contribution is 0.0716. The smallest absolute Gasteiger partial charge is 0.348 e. The van der Waals surface area contributed by atoms with Crippen molar-refractivity contribution in [3.8, 4) is 5.88 Å². The Bertz CT molecular complexity index is 1710. The lowest BCUT2D eigenvalue weighted by Gasteiger charge is -2.15. The fourth-order valence-electron chi connectivity index (χ4n) is 4.44. The normalized spacial score (nSPS) is 13.6. The van der Waals surface area contributed by atoms with Gasteiger partial charge in [-0.05, 0) is 44.4 Å². The average molecular weight is 571 g/mol. The van der Waals surface area contributed by atoms with E-state index < -0.39 is 21.6 Å². The molecule has 13 heteroatoms. The molecule has 1 saturated carbocycles. The van der Waals surface area contributed by atoms with Gasteiger partial charge in [0.25, 0.3) is 0 Å². The molecule has 0 N–H and O–H groups in total. The summed E-state index contributed by atoms with van der Waals surface area (Å²) >= 11 is 6.79. The summed E-state index contributed by atoms with van der Waals surface area (Å²) in [5, 5.41) is 12.9. The lowest BCUT2D eigenvalue weighted by atomic mass is 9.99. The number of nitrogens with zero attached hydrogens (tertiary/aromatic N) is 6. The number of rotatable bonds is 9. The molecule has 3 aromatic heterocycles. The maximum Gasteiger partial charge on any atom is 0.348 e. The van der Waals surface area contributed by atoms with Gasteiger partial charge >= 0.3 is 5.97 Å². The molecule has 5 rings (SSSR count). The number of aromatic nitrogens is 6. The first-order valence-corrected chi connectivity index (χ1v) is 14.6. The molecule has 11 nitrogen and oxygen atoms in total. The highest BCUT2D eigenvalue weighted by atomic mass is 35.5. The highest BCUT2D eigenvalue weighted by molar-refractivity contribution is 7.90. The summed E-state index contributed by atoms with van der Waals surface area (Å²) in [6, 6.07) is 2.77. The molecule has 0 radical (unpaired) electrons. The van der Waals surface area contributed by atoms with Gasteiger partial charge in [-0.2, -0.15) is 15.3 Å². The quantitative estimate of drug-likeness (QED) is 0.220. The van der Waals surface area contributed by atoms with Crippen LogP contribution in [0.3, 0.4) is 0 Å². The lowest BCUT2D eigenvalue weighted by Crippen LogP contribution is -2.16. The second kappa shape index (κ2) is 10.1.